The average molecular weight is 670 g/mol. The topological polar surface area (TPSA) is 49.4 Å². The molecule has 2 aliphatic heterocycles. The number of morpholine rings is 1. The Hall–Kier alpha value is -5.27. The first kappa shape index (κ1) is 32.0. The average Bonchev–Trinajstić information content (AvgIpc) is 3.40. The van der Waals surface area contributed by atoms with E-state index in [4.69, 9.17) is 23.7 Å². The first-order valence-electron chi connectivity index (χ1n) is 16.9. The van der Waals surface area contributed by atoms with Gasteiger partial charge in [-0.25, -0.2) is 4.39 Å². The molecule has 6 nitrogen and oxygen atoms in total. The van der Waals surface area contributed by atoms with Crippen LogP contribution in [-0.2, 0) is 15.8 Å². The van der Waals surface area contributed by atoms with Crippen molar-refractivity contribution in [1.29, 1.82) is 0 Å². The van der Waals surface area contributed by atoms with E-state index < -0.39 is 11.0 Å². The monoisotopic (exact) mass is 669 g/mol. The number of benzene rings is 5. The molecule has 0 amide bonds. The van der Waals surface area contributed by atoms with Crippen LogP contribution in [0.15, 0.2) is 85.5 Å². The summed E-state index contributed by atoms with van der Waals surface area (Å²) in [6.45, 7) is 11.2. The highest BCUT2D eigenvalue weighted by molar-refractivity contribution is 6.10. The summed E-state index contributed by atoms with van der Waals surface area (Å²) in [4.78, 5) is 2.30. The SMILES string of the molecule is C=Cc1cc(F)cc2c1C(C)(C)c1c3c(c4cc(OC)c(N5CCOCC5)cc4c1-2)OC(c1ccc(OC)cc1)(c1ccc(OC)cc1)C=C3. The molecule has 50 heavy (non-hydrogen) atoms. The highest BCUT2D eigenvalue weighted by Gasteiger charge is 2.45. The van der Waals surface area contributed by atoms with Crippen LogP contribution in [-0.4, -0.2) is 47.6 Å². The molecule has 1 fully saturated rings. The molecular weight excluding hydrogens is 629 g/mol. The van der Waals surface area contributed by atoms with Crippen molar-refractivity contribution in [3.8, 4) is 34.1 Å². The molecule has 254 valence electrons. The van der Waals surface area contributed by atoms with E-state index >= 15 is 4.39 Å². The van der Waals surface area contributed by atoms with Crippen molar-refractivity contribution in [1.82, 2.24) is 0 Å². The van der Waals surface area contributed by atoms with Crippen molar-refractivity contribution in [2.45, 2.75) is 24.9 Å². The molecule has 0 aromatic heterocycles. The van der Waals surface area contributed by atoms with Gasteiger partial charge in [-0.3, -0.25) is 0 Å². The zero-order chi connectivity index (χ0) is 34.8. The van der Waals surface area contributed by atoms with Gasteiger partial charge in [-0.15, -0.1) is 0 Å². The van der Waals surface area contributed by atoms with E-state index in [0.717, 1.165) is 97.1 Å². The second kappa shape index (κ2) is 12.0. The van der Waals surface area contributed by atoms with Gasteiger partial charge in [0.2, 0.25) is 0 Å². The fourth-order valence-corrected chi connectivity index (χ4v) is 8.26. The summed E-state index contributed by atoms with van der Waals surface area (Å²) >= 11 is 0. The van der Waals surface area contributed by atoms with Crippen molar-refractivity contribution in [3.05, 3.63) is 125 Å². The van der Waals surface area contributed by atoms with Gasteiger partial charge in [-0.1, -0.05) is 56.8 Å². The predicted molar refractivity (Wildman–Crippen MR) is 198 cm³/mol. The van der Waals surface area contributed by atoms with Gasteiger partial charge < -0.3 is 28.6 Å². The Morgan fingerprint density at radius 2 is 1.44 bits per heavy atom. The van der Waals surface area contributed by atoms with Crippen molar-refractivity contribution >= 4 is 28.6 Å². The Labute approximate surface area is 292 Å². The zero-order valence-electron chi connectivity index (χ0n) is 29.1. The van der Waals surface area contributed by atoms with E-state index in [0.29, 0.717) is 13.2 Å². The van der Waals surface area contributed by atoms with Crippen molar-refractivity contribution in [2.24, 2.45) is 0 Å². The number of hydrogen-bond donors (Lipinski definition) is 0. The van der Waals surface area contributed by atoms with E-state index in [1.54, 1.807) is 39.5 Å². The molecule has 0 bridgehead atoms. The molecule has 0 unspecified atom stereocenters. The smallest absolute Gasteiger partial charge is 0.178 e. The van der Waals surface area contributed by atoms with Gasteiger partial charge in [0.1, 0.15) is 28.8 Å². The number of halogens is 1. The Bertz CT molecular complexity index is 2130. The fraction of sp³-hybridized carbons (Fsp3) is 0.256. The van der Waals surface area contributed by atoms with Gasteiger partial charge in [-0.2, -0.15) is 0 Å². The molecule has 5 aromatic rings. The number of fused-ring (bicyclic) bond motifs is 8. The van der Waals surface area contributed by atoms with Gasteiger partial charge >= 0.3 is 0 Å². The lowest BCUT2D eigenvalue weighted by Crippen LogP contribution is -2.36. The lowest BCUT2D eigenvalue weighted by molar-refractivity contribution is 0.122. The lowest BCUT2D eigenvalue weighted by atomic mass is 9.76. The van der Waals surface area contributed by atoms with Crippen LogP contribution in [0.2, 0.25) is 0 Å². The van der Waals surface area contributed by atoms with Gasteiger partial charge in [-0.05, 0) is 87.8 Å². The van der Waals surface area contributed by atoms with E-state index in [1.807, 2.05) is 48.5 Å². The molecule has 0 atom stereocenters. The number of hydrogen-bond acceptors (Lipinski definition) is 6. The summed E-state index contributed by atoms with van der Waals surface area (Å²) < 4.78 is 45.8. The number of rotatable bonds is 7. The summed E-state index contributed by atoms with van der Waals surface area (Å²) in [5, 5.41) is 1.86. The van der Waals surface area contributed by atoms with Crippen LogP contribution < -0.4 is 23.8 Å². The second-order valence-corrected chi connectivity index (χ2v) is 13.5. The fourth-order valence-electron chi connectivity index (χ4n) is 8.26. The summed E-state index contributed by atoms with van der Waals surface area (Å²) in [7, 11) is 5.03. The van der Waals surface area contributed by atoms with Crippen LogP contribution in [0.3, 0.4) is 0 Å². The quantitative estimate of drug-likeness (QED) is 0.172. The van der Waals surface area contributed by atoms with Crippen LogP contribution in [0.4, 0.5) is 10.1 Å². The molecule has 2 heterocycles. The van der Waals surface area contributed by atoms with Crippen LogP contribution >= 0.6 is 0 Å². The van der Waals surface area contributed by atoms with Gasteiger partial charge in [0, 0.05) is 40.6 Å². The minimum absolute atomic E-state index is 0.292. The number of ether oxygens (including phenoxy) is 5. The van der Waals surface area contributed by atoms with Crippen molar-refractivity contribution in [2.75, 3.05) is 52.5 Å². The van der Waals surface area contributed by atoms with E-state index in [1.165, 1.54) is 0 Å². The van der Waals surface area contributed by atoms with Crippen molar-refractivity contribution in [3.63, 3.8) is 0 Å². The first-order chi connectivity index (χ1) is 24.2. The Morgan fingerprint density at radius 3 is 2.02 bits per heavy atom. The third-order valence-corrected chi connectivity index (χ3v) is 10.6. The van der Waals surface area contributed by atoms with Gasteiger partial charge in [0.05, 0.1) is 40.2 Å². The molecular formula is C43H40FNO5. The van der Waals surface area contributed by atoms with E-state index in [-0.39, 0.29) is 5.82 Å². The first-order valence-corrected chi connectivity index (χ1v) is 16.9. The van der Waals surface area contributed by atoms with Crippen LogP contribution in [0.25, 0.3) is 34.1 Å². The minimum atomic E-state index is -0.989. The number of nitrogens with zero attached hydrogens (tertiary/aromatic N) is 1. The largest absolute Gasteiger partial charge is 0.497 e. The molecule has 3 aliphatic rings. The zero-order valence-corrected chi connectivity index (χ0v) is 29.1. The Balaban J connectivity index is 1.47. The molecule has 0 spiro atoms. The van der Waals surface area contributed by atoms with E-state index in [2.05, 4.69) is 49.6 Å². The maximum atomic E-state index is 15.4. The van der Waals surface area contributed by atoms with Crippen LogP contribution in [0, 0.1) is 5.82 Å². The summed E-state index contributed by atoms with van der Waals surface area (Å²) in [5.41, 5.74) is 7.15. The summed E-state index contributed by atoms with van der Waals surface area (Å²) in [6, 6.07) is 23.5. The highest BCUT2D eigenvalue weighted by atomic mass is 19.1. The molecule has 7 heteroatoms. The summed E-state index contributed by atoms with van der Waals surface area (Å²) in [5.74, 6) is 2.70. The molecule has 5 aromatic carbocycles. The second-order valence-electron chi connectivity index (χ2n) is 13.5. The molecule has 0 saturated carbocycles. The molecule has 1 aliphatic carbocycles. The standard InChI is InChI=1S/C43H40FNO5/c1-7-26-22-29(44)23-35-38-33-24-36(45-18-20-49-21-19-45)37(48-6)25-34(33)41-32(40(38)42(2,3)39(26)35)16-17-43(50-41,27-8-12-30(46-4)13-9-27)28-10-14-31(47-5)15-11-28/h7-17,22-25H,1,18-21H2,2-6H3. The molecule has 0 radical (unpaired) electrons. The molecule has 8 rings (SSSR count). The highest BCUT2D eigenvalue weighted by Crippen LogP contribution is 2.60. The third kappa shape index (κ3) is 4.71. The van der Waals surface area contributed by atoms with Crippen molar-refractivity contribution < 1.29 is 28.1 Å². The number of anilines is 1. The molecule has 1 saturated heterocycles. The molecule has 0 N–H and O–H groups in total. The lowest BCUT2D eigenvalue weighted by Gasteiger charge is -2.39. The van der Waals surface area contributed by atoms with Gasteiger partial charge in [0.15, 0.2) is 5.60 Å². The third-order valence-electron chi connectivity index (χ3n) is 10.6. The number of methoxy groups -OCH3 is 3. The van der Waals surface area contributed by atoms with E-state index in [9.17, 15) is 0 Å². The maximum absolute atomic E-state index is 15.4. The van der Waals surface area contributed by atoms with Gasteiger partial charge in [0.25, 0.3) is 0 Å². The Kier molecular flexibility index (Phi) is 7.64. The minimum Gasteiger partial charge on any atom is -0.497 e. The Morgan fingerprint density at radius 1 is 0.800 bits per heavy atom. The van der Waals surface area contributed by atoms with Crippen LogP contribution in [0.5, 0.6) is 23.0 Å². The predicted octanol–water partition coefficient (Wildman–Crippen LogP) is 9.14. The van der Waals surface area contributed by atoms with Crippen LogP contribution in [0.1, 0.15) is 47.2 Å². The maximum Gasteiger partial charge on any atom is 0.178 e. The summed E-state index contributed by atoms with van der Waals surface area (Å²) in [6.07, 6.45) is 6.08. The normalized spacial score (nSPS) is 16.6.